The van der Waals surface area contributed by atoms with E-state index < -0.39 is 0 Å². The van der Waals surface area contributed by atoms with Crippen LogP contribution in [0.4, 0.5) is 4.79 Å². The van der Waals surface area contributed by atoms with E-state index in [9.17, 15) is 4.79 Å². The lowest BCUT2D eigenvalue weighted by atomic mass is 10.3. The highest BCUT2D eigenvalue weighted by molar-refractivity contribution is 5.69. The number of alkyl carbamates (subject to hydrolysis) is 1. The molecule has 1 rings (SSSR count). The topological polar surface area (TPSA) is 38.3 Å². The number of carbonyl (C=O) groups is 1. The maximum absolute atomic E-state index is 10.6. The second-order valence-corrected chi connectivity index (χ2v) is 2.24. The van der Waals surface area contributed by atoms with Crippen molar-refractivity contribution in [3.05, 3.63) is 11.8 Å². The first-order chi connectivity index (χ1) is 4.83. The van der Waals surface area contributed by atoms with Crippen molar-refractivity contribution in [2.24, 2.45) is 0 Å². The third kappa shape index (κ3) is 1.76. The number of carbonyl (C=O) groups excluding carboxylic acids is 1. The summed E-state index contributed by atoms with van der Waals surface area (Å²) in [4.78, 5) is 10.6. The Kier molecular flexibility index (Phi) is 2.31. The second-order valence-electron chi connectivity index (χ2n) is 2.24. The fraction of sp³-hybridized carbons (Fsp3) is 0.571. The molecule has 1 aliphatic rings. The van der Waals surface area contributed by atoms with E-state index in [0.717, 1.165) is 25.0 Å². The van der Waals surface area contributed by atoms with Crippen LogP contribution in [0.3, 0.4) is 0 Å². The number of allylic oxidation sites excluding steroid dienone is 2. The van der Waals surface area contributed by atoms with Crippen molar-refractivity contribution < 1.29 is 9.53 Å². The summed E-state index contributed by atoms with van der Waals surface area (Å²) < 4.78 is 4.42. The van der Waals surface area contributed by atoms with Gasteiger partial charge in [0.1, 0.15) is 0 Å². The number of rotatable bonds is 1. The average Bonchev–Trinajstić information content (AvgIpc) is 2.40. The van der Waals surface area contributed by atoms with E-state index in [1.807, 2.05) is 6.08 Å². The quantitative estimate of drug-likeness (QED) is 0.599. The number of hydrogen-bond donors (Lipinski definition) is 1. The molecule has 0 aromatic heterocycles. The molecule has 0 bridgehead atoms. The van der Waals surface area contributed by atoms with Gasteiger partial charge < -0.3 is 4.74 Å². The molecule has 1 amide bonds. The normalized spacial score (nSPS) is 16.3. The fourth-order valence-corrected chi connectivity index (χ4v) is 0.967. The molecule has 0 spiro atoms. The molecular weight excluding hydrogens is 130 g/mol. The molecule has 0 fully saturated rings. The Hall–Kier alpha value is -0.990. The molecule has 0 saturated heterocycles. The van der Waals surface area contributed by atoms with Crippen LogP contribution < -0.4 is 5.32 Å². The first-order valence-electron chi connectivity index (χ1n) is 3.37. The van der Waals surface area contributed by atoms with Gasteiger partial charge in [-0.25, -0.2) is 4.79 Å². The lowest BCUT2D eigenvalue weighted by Gasteiger charge is -2.01. The number of nitrogens with one attached hydrogen (secondary N) is 1. The summed E-state index contributed by atoms with van der Waals surface area (Å²) >= 11 is 0. The Morgan fingerprint density at radius 1 is 1.80 bits per heavy atom. The highest BCUT2D eigenvalue weighted by Gasteiger charge is 2.06. The van der Waals surface area contributed by atoms with Crippen LogP contribution >= 0.6 is 0 Å². The molecule has 0 heterocycles. The Morgan fingerprint density at radius 2 is 2.60 bits per heavy atom. The fourth-order valence-electron chi connectivity index (χ4n) is 0.967. The van der Waals surface area contributed by atoms with Crippen LogP contribution in [0.15, 0.2) is 11.8 Å². The van der Waals surface area contributed by atoms with Crippen molar-refractivity contribution in [1.29, 1.82) is 0 Å². The Bertz CT molecular complexity index is 163. The molecule has 0 atom stereocenters. The molecule has 56 valence electrons. The molecular formula is C7H11NO2. The van der Waals surface area contributed by atoms with Crippen molar-refractivity contribution in [3.8, 4) is 0 Å². The minimum absolute atomic E-state index is 0.367. The zero-order valence-corrected chi connectivity index (χ0v) is 6.02. The van der Waals surface area contributed by atoms with Gasteiger partial charge >= 0.3 is 6.09 Å². The van der Waals surface area contributed by atoms with Crippen LogP contribution in [0.1, 0.15) is 19.3 Å². The summed E-state index contributed by atoms with van der Waals surface area (Å²) in [6.45, 7) is 0. The third-order valence-electron chi connectivity index (χ3n) is 1.49. The largest absolute Gasteiger partial charge is 0.453 e. The van der Waals surface area contributed by atoms with Gasteiger partial charge in [0, 0.05) is 5.70 Å². The van der Waals surface area contributed by atoms with E-state index >= 15 is 0 Å². The summed E-state index contributed by atoms with van der Waals surface area (Å²) in [5.74, 6) is 0. The number of amides is 1. The predicted octanol–water partition coefficient (Wildman–Crippen LogP) is 1.41. The summed E-state index contributed by atoms with van der Waals surface area (Å²) in [6, 6.07) is 0. The van der Waals surface area contributed by atoms with Crippen molar-refractivity contribution in [2.75, 3.05) is 7.11 Å². The van der Waals surface area contributed by atoms with Crippen molar-refractivity contribution >= 4 is 6.09 Å². The molecule has 0 aliphatic heterocycles. The molecule has 1 aliphatic carbocycles. The summed E-state index contributed by atoms with van der Waals surface area (Å²) in [7, 11) is 1.37. The van der Waals surface area contributed by atoms with Gasteiger partial charge in [-0.3, -0.25) is 5.32 Å². The summed E-state index contributed by atoms with van der Waals surface area (Å²) in [5.41, 5.74) is 0.992. The summed E-state index contributed by atoms with van der Waals surface area (Å²) in [5, 5.41) is 2.63. The second kappa shape index (κ2) is 3.25. The van der Waals surface area contributed by atoms with Crippen LogP contribution in [0, 0.1) is 0 Å². The SMILES string of the molecule is COC(=O)NC1=CCCC1. The standard InChI is InChI=1S/C7H11NO2/c1-10-7(9)8-6-4-2-3-5-6/h4H,2-3,5H2,1H3,(H,8,9). The molecule has 1 N–H and O–H groups in total. The van der Waals surface area contributed by atoms with Crippen molar-refractivity contribution in [2.45, 2.75) is 19.3 Å². The monoisotopic (exact) mass is 141 g/mol. The molecule has 0 aromatic carbocycles. The van der Waals surface area contributed by atoms with Crippen LogP contribution in [0.2, 0.25) is 0 Å². The van der Waals surface area contributed by atoms with Gasteiger partial charge in [0.05, 0.1) is 7.11 Å². The number of ether oxygens (including phenoxy) is 1. The van der Waals surface area contributed by atoms with Crippen molar-refractivity contribution in [3.63, 3.8) is 0 Å². The summed E-state index contributed by atoms with van der Waals surface area (Å²) in [6.07, 6.45) is 4.83. The van der Waals surface area contributed by atoms with Crippen LogP contribution in [0.5, 0.6) is 0 Å². The minimum Gasteiger partial charge on any atom is -0.453 e. The van der Waals surface area contributed by atoms with E-state index in [0.29, 0.717) is 0 Å². The molecule has 0 radical (unpaired) electrons. The van der Waals surface area contributed by atoms with Gasteiger partial charge in [0.25, 0.3) is 0 Å². The molecule has 3 nitrogen and oxygen atoms in total. The first kappa shape index (κ1) is 7.12. The average molecular weight is 141 g/mol. The van der Waals surface area contributed by atoms with Gasteiger partial charge in [-0.2, -0.15) is 0 Å². The molecule has 0 unspecified atom stereocenters. The Morgan fingerprint density at radius 3 is 3.10 bits per heavy atom. The number of hydrogen-bond acceptors (Lipinski definition) is 2. The highest BCUT2D eigenvalue weighted by atomic mass is 16.5. The molecule has 3 heteroatoms. The van der Waals surface area contributed by atoms with Gasteiger partial charge in [0.15, 0.2) is 0 Å². The van der Waals surface area contributed by atoms with Crippen molar-refractivity contribution in [1.82, 2.24) is 5.32 Å². The van der Waals surface area contributed by atoms with Gasteiger partial charge in [-0.1, -0.05) is 6.08 Å². The van der Waals surface area contributed by atoms with Crippen LogP contribution in [-0.4, -0.2) is 13.2 Å². The molecule has 10 heavy (non-hydrogen) atoms. The Labute approximate surface area is 60.1 Å². The number of methoxy groups -OCH3 is 1. The Balaban J connectivity index is 2.30. The van der Waals surface area contributed by atoms with Crippen LogP contribution in [0.25, 0.3) is 0 Å². The maximum atomic E-state index is 10.6. The van der Waals surface area contributed by atoms with E-state index in [-0.39, 0.29) is 6.09 Å². The predicted molar refractivity (Wildman–Crippen MR) is 37.5 cm³/mol. The molecule has 0 saturated carbocycles. The van der Waals surface area contributed by atoms with E-state index in [1.165, 1.54) is 7.11 Å². The van der Waals surface area contributed by atoms with E-state index in [1.54, 1.807) is 0 Å². The first-order valence-corrected chi connectivity index (χ1v) is 3.37. The van der Waals surface area contributed by atoms with Crippen LogP contribution in [-0.2, 0) is 4.74 Å². The zero-order valence-electron chi connectivity index (χ0n) is 6.02. The third-order valence-corrected chi connectivity index (χ3v) is 1.49. The maximum Gasteiger partial charge on any atom is 0.411 e. The van der Waals surface area contributed by atoms with Gasteiger partial charge in [-0.15, -0.1) is 0 Å². The minimum atomic E-state index is -0.367. The van der Waals surface area contributed by atoms with Gasteiger partial charge in [0.2, 0.25) is 0 Å². The van der Waals surface area contributed by atoms with Gasteiger partial charge in [-0.05, 0) is 19.3 Å². The van der Waals surface area contributed by atoms with E-state index in [4.69, 9.17) is 0 Å². The highest BCUT2D eigenvalue weighted by Crippen LogP contribution is 2.14. The lowest BCUT2D eigenvalue weighted by Crippen LogP contribution is -2.21. The smallest absolute Gasteiger partial charge is 0.411 e. The lowest BCUT2D eigenvalue weighted by molar-refractivity contribution is 0.174. The zero-order chi connectivity index (χ0) is 7.40. The molecule has 0 aromatic rings. The van der Waals surface area contributed by atoms with E-state index in [2.05, 4.69) is 10.1 Å².